The molecule has 0 aliphatic carbocycles. The largest absolute Gasteiger partial charge is 0.337 e. The van der Waals surface area contributed by atoms with Crippen LogP contribution in [0.15, 0.2) is 9.98 Å². The van der Waals surface area contributed by atoms with Crippen LogP contribution in [0.3, 0.4) is 0 Å². The van der Waals surface area contributed by atoms with Crippen molar-refractivity contribution in [2.24, 2.45) is 9.98 Å². The third kappa shape index (κ3) is 1.43. The fourth-order valence-electron chi connectivity index (χ4n) is 0.328. The highest BCUT2D eigenvalue weighted by Crippen LogP contribution is 1.66. The topological polar surface area (TPSA) is 36.8 Å². The zero-order chi connectivity index (χ0) is 5.66. The summed E-state index contributed by atoms with van der Waals surface area (Å²) in [6.07, 6.45) is 3.06. The predicted octanol–water partition coefficient (Wildman–Crippen LogP) is -0.393. The van der Waals surface area contributed by atoms with Gasteiger partial charge in [0, 0.05) is 6.04 Å². The number of nitrogens with one attached hydrogen (secondary N) is 1. The monoisotopic (exact) mass is 107 g/mol. The van der Waals surface area contributed by atoms with Crippen LogP contribution in [-0.4, -0.2) is 19.2 Å². The molecule has 0 radical (unpaired) electrons. The van der Waals surface area contributed by atoms with Gasteiger partial charge in [-0.25, -0.2) is 0 Å². The molecule has 0 saturated heterocycles. The number of nitrogens with zero attached hydrogens (tertiary/aromatic N) is 2. The van der Waals surface area contributed by atoms with E-state index in [9.17, 15) is 0 Å². The average Bonchev–Trinajstić information content (AvgIpc) is 1.62. The molecule has 1 heterocycles. The van der Waals surface area contributed by atoms with Crippen molar-refractivity contribution in [3.8, 4) is 12.0 Å². The SMILES string of the molecule is C1#CN=CNC=NC1. The fraction of sp³-hybridized carbons (Fsp3) is 0.200. The maximum atomic E-state index is 3.83. The molecule has 8 heavy (non-hydrogen) atoms. The Labute approximate surface area is 47.5 Å². The molecule has 1 rings (SSSR count). The van der Waals surface area contributed by atoms with Crippen molar-refractivity contribution in [2.45, 2.75) is 0 Å². The van der Waals surface area contributed by atoms with Gasteiger partial charge in [-0.1, -0.05) is 5.92 Å². The smallest absolute Gasteiger partial charge is 0.104 e. The Hall–Kier alpha value is -1.30. The zero-order valence-corrected chi connectivity index (χ0v) is 4.26. The molecule has 1 aliphatic heterocycles. The Morgan fingerprint density at radius 2 is 2.50 bits per heavy atom. The lowest BCUT2D eigenvalue weighted by Crippen LogP contribution is -2.07. The lowest BCUT2D eigenvalue weighted by Gasteiger charge is -1.85. The summed E-state index contributed by atoms with van der Waals surface area (Å²) in [5, 5.41) is 2.70. The van der Waals surface area contributed by atoms with E-state index in [1.807, 2.05) is 0 Å². The minimum Gasteiger partial charge on any atom is -0.337 e. The predicted molar refractivity (Wildman–Crippen MR) is 32.8 cm³/mol. The van der Waals surface area contributed by atoms with E-state index in [0.717, 1.165) is 0 Å². The van der Waals surface area contributed by atoms with Crippen LogP contribution in [0.2, 0.25) is 0 Å². The highest BCUT2D eigenvalue weighted by atomic mass is 15.0. The second-order valence-electron chi connectivity index (χ2n) is 1.18. The summed E-state index contributed by atoms with van der Waals surface area (Å²) in [5.41, 5.74) is 0. The molecule has 0 saturated carbocycles. The number of aliphatic imine (C=N–C) groups is 2. The second kappa shape index (κ2) is 2.80. The summed E-state index contributed by atoms with van der Waals surface area (Å²) < 4.78 is 0. The van der Waals surface area contributed by atoms with Crippen LogP contribution in [-0.2, 0) is 0 Å². The van der Waals surface area contributed by atoms with Crippen LogP contribution in [0.25, 0.3) is 0 Å². The van der Waals surface area contributed by atoms with E-state index in [-0.39, 0.29) is 0 Å². The first-order valence-corrected chi connectivity index (χ1v) is 2.24. The van der Waals surface area contributed by atoms with E-state index in [4.69, 9.17) is 0 Å². The molecule has 0 fully saturated rings. The minimum absolute atomic E-state index is 0.532. The van der Waals surface area contributed by atoms with E-state index in [2.05, 4.69) is 27.3 Å². The normalized spacial score (nSPS) is 15.0. The first-order chi connectivity index (χ1) is 4.00. The average molecular weight is 107 g/mol. The number of hydrogen-bond donors (Lipinski definition) is 1. The van der Waals surface area contributed by atoms with E-state index in [1.165, 1.54) is 6.34 Å². The van der Waals surface area contributed by atoms with Crippen molar-refractivity contribution in [1.29, 1.82) is 0 Å². The molecule has 0 bridgehead atoms. The Kier molecular flexibility index (Phi) is 1.70. The van der Waals surface area contributed by atoms with Crippen LogP contribution in [0.4, 0.5) is 0 Å². The summed E-state index contributed by atoms with van der Waals surface area (Å²) in [6, 6.07) is 2.53. The van der Waals surface area contributed by atoms with Gasteiger partial charge in [0.15, 0.2) is 0 Å². The summed E-state index contributed by atoms with van der Waals surface area (Å²) >= 11 is 0. The molecule has 0 aromatic carbocycles. The molecule has 0 unspecified atom stereocenters. The molecule has 3 nitrogen and oxygen atoms in total. The molecule has 0 atom stereocenters. The fourth-order valence-corrected chi connectivity index (χ4v) is 0.328. The Morgan fingerprint density at radius 3 is 3.50 bits per heavy atom. The van der Waals surface area contributed by atoms with Crippen LogP contribution in [0.5, 0.6) is 0 Å². The number of rotatable bonds is 0. The highest BCUT2D eigenvalue weighted by molar-refractivity contribution is 5.75. The van der Waals surface area contributed by atoms with Crippen molar-refractivity contribution in [2.75, 3.05) is 6.54 Å². The van der Waals surface area contributed by atoms with Gasteiger partial charge in [-0.15, -0.1) is 0 Å². The standard InChI is InChI=1S/C5H5N3/c1-2-6-4-8-5-7-3-1/h4-5H,2H2,(H,6,7,8). The van der Waals surface area contributed by atoms with Gasteiger partial charge < -0.3 is 5.32 Å². The minimum atomic E-state index is 0.532. The third-order valence-corrected chi connectivity index (χ3v) is 0.619. The summed E-state index contributed by atoms with van der Waals surface area (Å²) in [5.74, 6) is 2.70. The van der Waals surface area contributed by atoms with Crippen molar-refractivity contribution in [3.05, 3.63) is 0 Å². The first-order valence-electron chi connectivity index (χ1n) is 2.24. The molecule has 0 amide bonds. The lowest BCUT2D eigenvalue weighted by molar-refractivity contribution is 1.25. The lowest BCUT2D eigenvalue weighted by atomic mass is 10.7. The Balaban J connectivity index is 2.59. The van der Waals surface area contributed by atoms with E-state index in [1.54, 1.807) is 6.34 Å². The highest BCUT2D eigenvalue weighted by Gasteiger charge is 1.71. The second-order valence-corrected chi connectivity index (χ2v) is 1.18. The van der Waals surface area contributed by atoms with Gasteiger partial charge in [-0.05, 0) is 0 Å². The number of hydrogen-bond acceptors (Lipinski definition) is 3. The molecule has 3 heteroatoms. The molecule has 1 aliphatic rings. The molecule has 1 N–H and O–H groups in total. The summed E-state index contributed by atoms with van der Waals surface area (Å²) in [4.78, 5) is 7.47. The molecule has 40 valence electrons. The zero-order valence-electron chi connectivity index (χ0n) is 4.26. The van der Waals surface area contributed by atoms with Crippen molar-refractivity contribution in [1.82, 2.24) is 5.32 Å². The summed E-state index contributed by atoms with van der Waals surface area (Å²) in [6.45, 7) is 0.532. The van der Waals surface area contributed by atoms with Gasteiger partial charge in [-0.3, -0.25) is 4.99 Å². The Bertz CT molecular complexity index is 170. The molecular weight excluding hydrogens is 102 g/mol. The van der Waals surface area contributed by atoms with Gasteiger partial charge >= 0.3 is 0 Å². The van der Waals surface area contributed by atoms with Gasteiger partial charge in [0.1, 0.15) is 12.9 Å². The van der Waals surface area contributed by atoms with Gasteiger partial charge in [0.05, 0.1) is 6.34 Å². The summed E-state index contributed by atoms with van der Waals surface area (Å²) in [7, 11) is 0. The molecule has 0 spiro atoms. The third-order valence-electron chi connectivity index (χ3n) is 0.619. The van der Waals surface area contributed by atoms with E-state index in [0.29, 0.717) is 6.54 Å². The van der Waals surface area contributed by atoms with Crippen molar-refractivity contribution in [3.63, 3.8) is 0 Å². The quantitative estimate of drug-likeness (QED) is 0.420. The van der Waals surface area contributed by atoms with Crippen LogP contribution in [0.1, 0.15) is 0 Å². The molecule has 0 aromatic rings. The van der Waals surface area contributed by atoms with E-state index < -0.39 is 0 Å². The van der Waals surface area contributed by atoms with Gasteiger partial charge in [0.2, 0.25) is 0 Å². The molecule has 0 aromatic heterocycles. The van der Waals surface area contributed by atoms with Crippen molar-refractivity contribution >= 4 is 12.7 Å². The van der Waals surface area contributed by atoms with Crippen LogP contribution < -0.4 is 5.32 Å². The Morgan fingerprint density at radius 1 is 1.50 bits per heavy atom. The van der Waals surface area contributed by atoms with E-state index >= 15 is 0 Å². The van der Waals surface area contributed by atoms with Gasteiger partial charge in [0.25, 0.3) is 0 Å². The van der Waals surface area contributed by atoms with Crippen LogP contribution in [0, 0.1) is 12.0 Å². The van der Waals surface area contributed by atoms with Crippen molar-refractivity contribution < 1.29 is 0 Å². The van der Waals surface area contributed by atoms with Gasteiger partial charge in [-0.2, -0.15) is 4.99 Å². The van der Waals surface area contributed by atoms with Crippen LogP contribution >= 0.6 is 0 Å². The maximum Gasteiger partial charge on any atom is 0.104 e. The first kappa shape index (κ1) is 4.85. The molecular formula is C5H5N3. The maximum absolute atomic E-state index is 3.83.